The summed E-state index contributed by atoms with van der Waals surface area (Å²) in [6, 6.07) is 9.53. The van der Waals surface area contributed by atoms with Crippen molar-refractivity contribution in [3.05, 3.63) is 60.4 Å². The summed E-state index contributed by atoms with van der Waals surface area (Å²) < 4.78 is 1.85. The molecule has 1 saturated heterocycles. The van der Waals surface area contributed by atoms with E-state index in [0.717, 1.165) is 51.7 Å². The van der Waals surface area contributed by atoms with Gasteiger partial charge in [-0.05, 0) is 93.2 Å². The van der Waals surface area contributed by atoms with Gasteiger partial charge in [0, 0.05) is 22.9 Å². The highest BCUT2D eigenvalue weighted by Gasteiger charge is 2.33. The topological polar surface area (TPSA) is 44.4 Å². The maximum atomic E-state index is 12.2. The molecule has 1 unspecified atom stereocenters. The molecule has 0 spiro atoms. The van der Waals surface area contributed by atoms with E-state index in [1.54, 1.807) is 6.92 Å². The maximum absolute atomic E-state index is 12.2. The number of anilines is 1. The Morgan fingerprint density at radius 2 is 1.66 bits per heavy atom. The van der Waals surface area contributed by atoms with Gasteiger partial charge in [0.25, 0.3) is 0 Å². The molecule has 3 rings (SSSR count). The lowest BCUT2D eigenvalue weighted by Crippen LogP contribution is -2.39. The second kappa shape index (κ2) is 10.0. The summed E-state index contributed by atoms with van der Waals surface area (Å²) >= 11 is 19.8. The van der Waals surface area contributed by atoms with Crippen molar-refractivity contribution in [2.45, 2.75) is 31.8 Å². The molecule has 1 fully saturated rings. The monoisotopic (exact) mass is 561 g/mol. The third kappa shape index (κ3) is 5.28. The minimum Gasteiger partial charge on any atom is -0.386 e. The van der Waals surface area contributed by atoms with Gasteiger partial charge in [0.05, 0.1) is 27.8 Å². The summed E-state index contributed by atoms with van der Waals surface area (Å²) in [7, 11) is 1.87. The molecule has 156 valence electrons. The number of likely N-dealkylation sites (tertiary alicyclic amines) is 1. The molecule has 2 aromatic carbocycles. The molecule has 0 saturated carbocycles. The van der Waals surface area contributed by atoms with Gasteiger partial charge in [-0.3, -0.25) is 9.69 Å². The van der Waals surface area contributed by atoms with Gasteiger partial charge in [-0.25, -0.2) is 0 Å². The van der Waals surface area contributed by atoms with Crippen LogP contribution in [0.2, 0.25) is 10.0 Å². The van der Waals surface area contributed by atoms with Crippen LogP contribution in [0.3, 0.4) is 0 Å². The number of rotatable bonds is 6. The van der Waals surface area contributed by atoms with Gasteiger partial charge in [0.1, 0.15) is 0 Å². The predicted octanol–water partition coefficient (Wildman–Crippen LogP) is 6.57. The van der Waals surface area contributed by atoms with Gasteiger partial charge >= 0.3 is 0 Å². The van der Waals surface area contributed by atoms with Crippen molar-refractivity contribution in [1.82, 2.24) is 10.2 Å². The van der Waals surface area contributed by atoms with Crippen LogP contribution in [-0.2, 0) is 4.79 Å². The van der Waals surface area contributed by atoms with Gasteiger partial charge in [-0.1, -0.05) is 29.3 Å². The van der Waals surface area contributed by atoms with Crippen molar-refractivity contribution >= 4 is 66.7 Å². The molecule has 1 aliphatic heterocycles. The minimum atomic E-state index is -0.249. The van der Waals surface area contributed by atoms with Crippen LogP contribution in [0.15, 0.2) is 39.3 Å². The number of halogens is 4. The zero-order valence-electron chi connectivity index (χ0n) is 16.2. The highest BCUT2D eigenvalue weighted by atomic mass is 79.9. The van der Waals surface area contributed by atoms with E-state index in [0.29, 0.717) is 10.0 Å². The van der Waals surface area contributed by atoms with E-state index in [2.05, 4.69) is 59.5 Å². The van der Waals surface area contributed by atoms with Crippen LogP contribution in [0.4, 0.5) is 5.69 Å². The van der Waals surface area contributed by atoms with E-state index >= 15 is 0 Å². The summed E-state index contributed by atoms with van der Waals surface area (Å²) in [5.74, 6) is -0.0794. The number of benzene rings is 2. The molecule has 2 N–H and O–H groups in total. The zero-order chi connectivity index (χ0) is 21.1. The average molecular weight is 564 g/mol. The van der Waals surface area contributed by atoms with Gasteiger partial charge in [-0.2, -0.15) is 0 Å². The van der Waals surface area contributed by atoms with Crippen molar-refractivity contribution < 1.29 is 4.79 Å². The normalized spacial score (nSPS) is 16.5. The van der Waals surface area contributed by atoms with E-state index < -0.39 is 0 Å². The summed E-state index contributed by atoms with van der Waals surface area (Å²) in [5, 5.41) is 7.40. The Hall–Kier alpha value is -0.790. The van der Waals surface area contributed by atoms with Crippen molar-refractivity contribution in [1.29, 1.82) is 0 Å². The number of hydrogen-bond acceptors (Lipinski definition) is 3. The Bertz CT molecular complexity index is 880. The number of nitrogens with zero attached hydrogens (tertiary/aromatic N) is 1. The first-order valence-electron chi connectivity index (χ1n) is 9.44. The summed E-state index contributed by atoms with van der Waals surface area (Å²) in [4.78, 5) is 14.6. The fourth-order valence-corrected chi connectivity index (χ4v) is 5.83. The second-order valence-corrected chi connectivity index (χ2v) is 9.67. The minimum absolute atomic E-state index is 0.0598. The largest absolute Gasteiger partial charge is 0.386 e. The Balaban J connectivity index is 2.13. The molecule has 2 aromatic rings. The second-order valence-electron chi connectivity index (χ2n) is 7.15. The van der Waals surface area contributed by atoms with Crippen LogP contribution in [-0.4, -0.2) is 30.9 Å². The van der Waals surface area contributed by atoms with E-state index in [-0.39, 0.29) is 18.0 Å². The van der Waals surface area contributed by atoms with Crippen LogP contribution in [0, 0.1) is 0 Å². The van der Waals surface area contributed by atoms with Gasteiger partial charge in [0.15, 0.2) is 0 Å². The first-order chi connectivity index (χ1) is 13.8. The highest BCUT2D eigenvalue weighted by molar-refractivity contribution is 9.11. The molecule has 2 atom stereocenters. The quantitative estimate of drug-likeness (QED) is 0.417. The molecular weight excluding hydrogens is 541 g/mol. The van der Waals surface area contributed by atoms with Gasteiger partial charge < -0.3 is 10.6 Å². The number of nitrogens with one attached hydrogen (secondary N) is 2. The molecule has 1 amide bonds. The van der Waals surface area contributed by atoms with Crippen LogP contribution in [0.5, 0.6) is 0 Å². The van der Waals surface area contributed by atoms with Crippen molar-refractivity contribution in [2.24, 2.45) is 0 Å². The fourth-order valence-electron chi connectivity index (χ4n) is 3.90. The number of carbonyl (C=O) groups excluding carboxylic acids is 1. The highest BCUT2D eigenvalue weighted by Crippen LogP contribution is 2.41. The maximum Gasteiger partial charge on any atom is 0.217 e. The molecule has 4 nitrogen and oxygen atoms in total. The predicted molar refractivity (Wildman–Crippen MR) is 128 cm³/mol. The molecule has 0 radical (unpaired) electrons. The van der Waals surface area contributed by atoms with Crippen molar-refractivity contribution in [3.8, 4) is 0 Å². The molecule has 0 aliphatic carbocycles. The van der Waals surface area contributed by atoms with Gasteiger partial charge in [-0.15, -0.1) is 0 Å². The van der Waals surface area contributed by atoms with Crippen molar-refractivity contribution in [2.75, 3.05) is 25.5 Å². The molecule has 0 bridgehead atoms. The Kier molecular flexibility index (Phi) is 7.90. The smallest absolute Gasteiger partial charge is 0.217 e. The van der Waals surface area contributed by atoms with E-state index in [9.17, 15) is 4.79 Å². The Labute approximate surface area is 198 Å². The first-order valence-corrected chi connectivity index (χ1v) is 11.8. The zero-order valence-corrected chi connectivity index (χ0v) is 20.9. The number of carbonyl (C=O) groups is 1. The number of amides is 1. The van der Waals surface area contributed by atoms with E-state index in [1.807, 2.05) is 25.2 Å². The van der Waals surface area contributed by atoms with Crippen molar-refractivity contribution in [3.63, 3.8) is 0 Å². The third-order valence-electron chi connectivity index (χ3n) is 5.17. The van der Waals surface area contributed by atoms with Crippen LogP contribution < -0.4 is 10.6 Å². The van der Waals surface area contributed by atoms with Crippen LogP contribution in [0.1, 0.15) is 43.0 Å². The SMILES string of the molecule is CNc1c(Br)cc([C@H](NC(C)=O)C(c2ccc(Cl)c(Cl)c2)N2CCCC2)cc1Br. The molecule has 1 aliphatic rings. The summed E-state index contributed by atoms with van der Waals surface area (Å²) in [5.41, 5.74) is 2.99. The molecule has 8 heteroatoms. The molecule has 0 aromatic heterocycles. The molecule has 1 heterocycles. The summed E-state index contributed by atoms with van der Waals surface area (Å²) in [6.45, 7) is 3.49. The molecule has 29 heavy (non-hydrogen) atoms. The standard InChI is InChI=1S/C21H23Br2Cl2N3O/c1-12(29)27-19(14-9-15(22)20(26-2)16(23)10-14)21(28-7-3-4-8-28)13-5-6-17(24)18(25)11-13/h5-6,9-11,19,21,26H,3-4,7-8H2,1-2H3,(H,27,29)/t19-,21?/m0/s1. The molecular formula is C21H23Br2Cl2N3O. The van der Waals surface area contributed by atoms with Crippen LogP contribution in [0.25, 0.3) is 0 Å². The lowest BCUT2D eigenvalue weighted by molar-refractivity contribution is -0.120. The first kappa shape index (κ1) is 22.9. The van der Waals surface area contributed by atoms with E-state index in [1.165, 1.54) is 0 Å². The van der Waals surface area contributed by atoms with E-state index in [4.69, 9.17) is 23.2 Å². The number of hydrogen-bond donors (Lipinski definition) is 2. The Morgan fingerprint density at radius 3 is 2.17 bits per heavy atom. The average Bonchev–Trinajstić information content (AvgIpc) is 3.17. The lowest BCUT2D eigenvalue weighted by atomic mass is 9.91. The van der Waals surface area contributed by atoms with Gasteiger partial charge in [0.2, 0.25) is 5.91 Å². The van der Waals surface area contributed by atoms with Crippen LogP contribution >= 0.6 is 55.1 Å². The summed E-state index contributed by atoms with van der Waals surface area (Å²) in [6.07, 6.45) is 2.27. The third-order valence-corrected chi connectivity index (χ3v) is 7.16. The fraction of sp³-hybridized carbons (Fsp3) is 0.381. The lowest BCUT2D eigenvalue weighted by Gasteiger charge is -2.36. The Morgan fingerprint density at radius 1 is 1.03 bits per heavy atom.